The van der Waals surface area contributed by atoms with Crippen LogP contribution in [0.2, 0.25) is 0 Å². The van der Waals surface area contributed by atoms with Crippen molar-refractivity contribution in [3.05, 3.63) is 53.0 Å². The van der Waals surface area contributed by atoms with Gasteiger partial charge in [-0.1, -0.05) is 0 Å². The zero-order valence-electron chi connectivity index (χ0n) is 15.6. The molecule has 1 aliphatic rings. The van der Waals surface area contributed by atoms with Crippen LogP contribution in [0, 0.1) is 0 Å². The molecule has 3 aromatic heterocycles. The first-order chi connectivity index (χ1) is 14.0. The lowest BCUT2D eigenvalue weighted by atomic mass is 10.3. The van der Waals surface area contributed by atoms with Gasteiger partial charge in [0.1, 0.15) is 9.77 Å². The molecule has 1 aliphatic heterocycles. The van der Waals surface area contributed by atoms with Crippen LogP contribution in [-0.4, -0.2) is 66.7 Å². The van der Waals surface area contributed by atoms with Crippen LogP contribution < -0.4 is 4.90 Å². The number of sulfonamides is 1. The standard InChI is InChI=1S/C18H19N5O4S2/c1-27-18(24)17-14(6-13-28-17)29(25,26)23-11-9-22(10-12-23)16-5-4-15(19-20-16)21-7-2-3-8-21/h2-8,13H,9-12H2,1H3. The number of esters is 1. The molecule has 29 heavy (non-hydrogen) atoms. The lowest BCUT2D eigenvalue weighted by Gasteiger charge is -2.34. The third-order valence-corrected chi connectivity index (χ3v) is 7.65. The average molecular weight is 434 g/mol. The van der Waals surface area contributed by atoms with Crippen molar-refractivity contribution in [1.29, 1.82) is 0 Å². The van der Waals surface area contributed by atoms with Crippen LogP contribution in [0.3, 0.4) is 0 Å². The van der Waals surface area contributed by atoms with Gasteiger partial charge >= 0.3 is 5.97 Å². The SMILES string of the molecule is COC(=O)c1sccc1S(=O)(=O)N1CCN(c2ccc(-n3cccc3)nn2)CC1. The van der Waals surface area contributed by atoms with Gasteiger partial charge in [-0.15, -0.1) is 21.5 Å². The number of aromatic nitrogens is 3. The van der Waals surface area contributed by atoms with E-state index < -0.39 is 16.0 Å². The number of carbonyl (C=O) groups is 1. The van der Waals surface area contributed by atoms with Crippen molar-refractivity contribution in [3.63, 3.8) is 0 Å². The van der Waals surface area contributed by atoms with Crippen LogP contribution in [0.15, 0.2) is 53.0 Å². The molecule has 0 amide bonds. The van der Waals surface area contributed by atoms with Crippen molar-refractivity contribution in [1.82, 2.24) is 19.1 Å². The van der Waals surface area contributed by atoms with Gasteiger partial charge in [0.25, 0.3) is 0 Å². The monoisotopic (exact) mass is 433 g/mol. The second kappa shape index (κ2) is 7.93. The Morgan fingerprint density at radius 3 is 2.31 bits per heavy atom. The average Bonchev–Trinajstić information content (AvgIpc) is 3.46. The van der Waals surface area contributed by atoms with E-state index in [0.29, 0.717) is 37.8 Å². The molecule has 0 aliphatic carbocycles. The fourth-order valence-corrected chi connectivity index (χ4v) is 5.88. The molecule has 4 heterocycles. The first-order valence-electron chi connectivity index (χ1n) is 8.88. The Balaban J connectivity index is 1.45. The van der Waals surface area contributed by atoms with Gasteiger partial charge in [-0.3, -0.25) is 0 Å². The zero-order valence-corrected chi connectivity index (χ0v) is 17.3. The van der Waals surface area contributed by atoms with Crippen LogP contribution in [-0.2, 0) is 14.8 Å². The Morgan fingerprint density at radius 1 is 1.03 bits per heavy atom. The molecule has 152 valence electrons. The van der Waals surface area contributed by atoms with Crippen molar-refractivity contribution in [3.8, 4) is 5.82 Å². The summed E-state index contributed by atoms with van der Waals surface area (Å²) in [5.74, 6) is 0.770. The number of hydrogen-bond donors (Lipinski definition) is 0. The molecular weight excluding hydrogens is 414 g/mol. The predicted octanol–water partition coefficient (Wildman–Crippen LogP) is 1.63. The van der Waals surface area contributed by atoms with Gasteiger partial charge < -0.3 is 14.2 Å². The molecule has 0 spiro atoms. The lowest BCUT2D eigenvalue weighted by molar-refractivity contribution is 0.0602. The summed E-state index contributed by atoms with van der Waals surface area (Å²) in [4.78, 5) is 13.9. The quantitative estimate of drug-likeness (QED) is 0.564. The maximum absolute atomic E-state index is 13.0. The largest absolute Gasteiger partial charge is 0.465 e. The Labute approximate surface area is 172 Å². The molecule has 4 rings (SSSR count). The Morgan fingerprint density at radius 2 is 1.69 bits per heavy atom. The number of nitrogens with zero attached hydrogens (tertiary/aromatic N) is 5. The summed E-state index contributed by atoms with van der Waals surface area (Å²) in [6, 6.07) is 9.02. The van der Waals surface area contributed by atoms with Gasteiger partial charge in [0.05, 0.1) is 7.11 Å². The number of methoxy groups -OCH3 is 1. The van der Waals surface area contributed by atoms with Crippen molar-refractivity contribution < 1.29 is 17.9 Å². The van der Waals surface area contributed by atoms with Crippen molar-refractivity contribution >= 4 is 33.1 Å². The summed E-state index contributed by atoms with van der Waals surface area (Å²) in [6.07, 6.45) is 3.78. The van der Waals surface area contributed by atoms with Gasteiger partial charge in [-0.2, -0.15) is 4.31 Å². The maximum Gasteiger partial charge on any atom is 0.349 e. The van der Waals surface area contributed by atoms with E-state index in [2.05, 4.69) is 10.2 Å². The molecule has 0 saturated carbocycles. The third kappa shape index (κ3) is 3.76. The molecule has 1 fully saturated rings. The van der Waals surface area contributed by atoms with Gasteiger partial charge in [0.15, 0.2) is 11.6 Å². The topological polar surface area (TPSA) is 97.6 Å². The molecule has 3 aromatic rings. The summed E-state index contributed by atoms with van der Waals surface area (Å²) in [5, 5.41) is 10.1. The fourth-order valence-electron chi connectivity index (χ4n) is 3.15. The molecule has 1 saturated heterocycles. The number of rotatable bonds is 5. The highest BCUT2D eigenvalue weighted by Gasteiger charge is 2.33. The zero-order chi connectivity index (χ0) is 20.4. The van der Waals surface area contributed by atoms with Gasteiger partial charge in [0, 0.05) is 38.6 Å². The van der Waals surface area contributed by atoms with E-state index in [9.17, 15) is 13.2 Å². The second-order valence-corrected chi connectivity index (χ2v) is 9.16. The first-order valence-corrected chi connectivity index (χ1v) is 11.2. The number of anilines is 1. The molecular formula is C18H19N5O4S2. The highest BCUT2D eigenvalue weighted by atomic mass is 32.2. The van der Waals surface area contributed by atoms with Crippen LogP contribution in [0.25, 0.3) is 5.82 Å². The Bertz CT molecular complexity index is 1090. The number of ether oxygens (including phenoxy) is 1. The van der Waals surface area contributed by atoms with Gasteiger partial charge in [-0.05, 0) is 35.7 Å². The summed E-state index contributed by atoms with van der Waals surface area (Å²) >= 11 is 1.06. The fraction of sp³-hybridized carbons (Fsp3) is 0.278. The maximum atomic E-state index is 13.0. The van der Waals surface area contributed by atoms with E-state index in [1.807, 2.05) is 46.1 Å². The highest BCUT2D eigenvalue weighted by molar-refractivity contribution is 7.89. The minimum Gasteiger partial charge on any atom is -0.465 e. The Kier molecular flexibility index (Phi) is 5.35. The van der Waals surface area contributed by atoms with Crippen molar-refractivity contribution in [2.45, 2.75) is 4.90 Å². The molecule has 11 heteroatoms. The van der Waals surface area contributed by atoms with Crippen LogP contribution in [0.1, 0.15) is 9.67 Å². The molecule has 0 N–H and O–H groups in total. The van der Waals surface area contributed by atoms with Crippen molar-refractivity contribution in [2.75, 3.05) is 38.2 Å². The van der Waals surface area contributed by atoms with Crippen LogP contribution >= 0.6 is 11.3 Å². The summed E-state index contributed by atoms with van der Waals surface area (Å²) in [5.41, 5.74) is 0. The normalized spacial score (nSPS) is 15.4. The predicted molar refractivity (Wildman–Crippen MR) is 108 cm³/mol. The van der Waals surface area contributed by atoms with Crippen molar-refractivity contribution in [2.24, 2.45) is 0 Å². The second-order valence-electron chi connectivity index (χ2n) is 6.34. The summed E-state index contributed by atoms with van der Waals surface area (Å²) < 4.78 is 33.9. The van der Waals surface area contributed by atoms with Crippen LogP contribution in [0.4, 0.5) is 5.82 Å². The Hall–Kier alpha value is -2.76. The van der Waals surface area contributed by atoms with E-state index in [1.54, 1.807) is 5.38 Å². The highest BCUT2D eigenvalue weighted by Crippen LogP contribution is 2.27. The molecule has 0 aromatic carbocycles. The van der Waals surface area contributed by atoms with Gasteiger partial charge in [0.2, 0.25) is 10.0 Å². The molecule has 0 unspecified atom stereocenters. The minimum absolute atomic E-state index is 0.00123. The van der Waals surface area contributed by atoms with E-state index in [1.165, 1.54) is 17.5 Å². The minimum atomic E-state index is -3.77. The van der Waals surface area contributed by atoms with E-state index in [-0.39, 0.29) is 9.77 Å². The smallest absolute Gasteiger partial charge is 0.349 e. The summed E-state index contributed by atoms with van der Waals surface area (Å²) in [6.45, 7) is 1.54. The number of hydrogen-bond acceptors (Lipinski definition) is 8. The molecule has 0 bridgehead atoms. The van der Waals surface area contributed by atoms with Gasteiger partial charge in [-0.25, -0.2) is 13.2 Å². The molecule has 0 radical (unpaired) electrons. The molecule has 9 nitrogen and oxygen atoms in total. The first kappa shape index (κ1) is 19.6. The summed E-state index contributed by atoms with van der Waals surface area (Å²) in [7, 11) is -2.53. The van der Waals surface area contributed by atoms with Crippen LogP contribution in [0.5, 0.6) is 0 Å². The number of piperazine rings is 1. The molecule has 0 atom stereocenters. The lowest BCUT2D eigenvalue weighted by Crippen LogP contribution is -2.49. The number of carbonyl (C=O) groups excluding carboxylic acids is 1. The van der Waals surface area contributed by atoms with E-state index >= 15 is 0 Å². The third-order valence-electron chi connectivity index (χ3n) is 4.69. The van der Waals surface area contributed by atoms with E-state index in [0.717, 1.165) is 11.3 Å². The van der Waals surface area contributed by atoms with E-state index in [4.69, 9.17) is 4.74 Å². The number of thiophene rings is 1.